The number of imidazole rings is 1. The Hall–Kier alpha value is -3.34. The number of hydrogen-bond acceptors (Lipinski definition) is 5. The van der Waals surface area contributed by atoms with E-state index >= 15 is 0 Å². The molecule has 2 aromatic rings. The van der Waals surface area contributed by atoms with E-state index in [-0.39, 0.29) is 19.7 Å². The van der Waals surface area contributed by atoms with Gasteiger partial charge in [-0.15, -0.1) is 0 Å². The van der Waals surface area contributed by atoms with Crippen LogP contribution >= 0.6 is 0 Å². The van der Waals surface area contributed by atoms with Crippen molar-refractivity contribution >= 4 is 12.0 Å². The summed E-state index contributed by atoms with van der Waals surface area (Å²) in [6, 6.07) is 10.1. The Morgan fingerprint density at radius 2 is 2.12 bits per heavy atom. The van der Waals surface area contributed by atoms with Crippen LogP contribution in [0.5, 0.6) is 0 Å². The summed E-state index contributed by atoms with van der Waals surface area (Å²) in [4.78, 5) is 27.9. The Morgan fingerprint density at radius 1 is 1.33 bits per heavy atom. The summed E-state index contributed by atoms with van der Waals surface area (Å²) < 4.78 is 6.76. The van der Waals surface area contributed by atoms with Crippen molar-refractivity contribution in [2.24, 2.45) is 0 Å². The third-order valence-electron chi connectivity index (χ3n) is 3.12. The lowest BCUT2D eigenvalue weighted by Crippen LogP contribution is -2.49. The van der Waals surface area contributed by atoms with Crippen molar-refractivity contribution in [1.82, 2.24) is 20.2 Å². The molecule has 1 aromatic heterocycles. The highest BCUT2D eigenvalue weighted by molar-refractivity contribution is 5.85. The van der Waals surface area contributed by atoms with E-state index in [1.165, 1.54) is 6.33 Å². The number of rotatable bonds is 7. The highest BCUT2D eigenvalue weighted by Crippen LogP contribution is 2.01. The van der Waals surface area contributed by atoms with Crippen molar-refractivity contribution < 1.29 is 14.3 Å². The summed E-state index contributed by atoms with van der Waals surface area (Å²) in [7, 11) is 0. The summed E-state index contributed by atoms with van der Waals surface area (Å²) in [5.41, 5.74) is 0.841. The van der Waals surface area contributed by atoms with E-state index in [1.54, 1.807) is 17.0 Å². The Morgan fingerprint density at radius 3 is 2.79 bits per heavy atom. The van der Waals surface area contributed by atoms with Gasteiger partial charge in [0.25, 0.3) is 0 Å². The van der Waals surface area contributed by atoms with Crippen LogP contribution in [-0.2, 0) is 22.7 Å². The molecule has 0 bridgehead atoms. The fourth-order valence-corrected chi connectivity index (χ4v) is 1.96. The van der Waals surface area contributed by atoms with E-state index in [0.29, 0.717) is 0 Å². The van der Waals surface area contributed by atoms with Crippen LogP contribution in [-0.4, -0.2) is 34.1 Å². The molecular formula is C16H17N5O3. The van der Waals surface area contributed by atoms with Crippen LogP contribution in [0.15, 0.2) is 49.1 Å². The smallest absolute Gasteiger partial charge is 0.408 e. The number of nitrogens with one attached hydrogen (secondary N) is 2. The van der Waals surface area contributed by atoms with E-state index < -0.39 is 18.0 Å². The third kappa shape index (κ3) is 5.46. The van der Waals surface area contributed by atoms with Crippen molar-refractivity contribution in [2.45, 2.75) is 19.2 Å². The minimum absolute atomic E-state index is 0.101. The molecule has 1 aromatic carbocycles. The monoisotopic (exact) mass is 327 g/mol. The van der Waals surface area contributed by atoms with Crippen LogP contribution in [0.2, 0.25) is 0 Å². The van der Waals surface area contributed by atoms with Gasteiger partial charge in [0.05, 0.1) is 18.9 Å². The van der Waals surface area contributed by atoms with E-state index in [1.807, 2.05) is 36.4 Å². The maximum Gasteiger partial charge on any atom is 0.408 e. The number of ether oxygens (including phenoxy) is 1. The largest absolute Gasteiger partial charge is 0.445 e. The number of carbonyl (C=O) groups excluding carboxylic acids is 2. The lowest BCUT2D eigenvalue weighted by molar-refractivity contribution is -0.123. The number of amides is 2. The van der Waals surface area contributed by atoms with Gasteiger partial charge in [-0.05, 0) is 5.56 Å². The van der Waals surface area contributed by atoms with Crippen LogP contribution in [0.4, 0.5) is 4.79 Å². The van der Waals surface area contributed by atoms with Gasteiger partial charge in [0.2, 0.25) is 5.91 Å². The van der Waals surface area contributed by atoms with Crippen LogP contribution in [0.25, 0.3) is 0 Å². The molecule has 0 aliphatic carbocycles. The van der Waals surface area contributed by atoms with Gasteiger partial charge in [0, 0.05) is 12.4 Å². The van der Waals surface area contributed by atoms with Crippen molar-refractivity contribution in [3.05, 3.63) is 54.6 Å². The molecule has 0 saturated carbocycles. The highest BCUT2D eigenvalue weighted by atomic mass is 16.5. The molecule has 2 amide bonds. The summed E-state index contributed by atoms with van der Waals surface area (Å²) in [5.74, 6) is -0.470. The molecule has 0 aliphatic heterocycles. The molecule has 24 heavy (non-hydrogen) atoms. The number of alkyl carbamates (subject to hydrolysis) is 1. The summed E-state index contributed by atoms with van der Waals surface area (Å²) in [6.45, 7) is 0.141. The predicted octanol–water partition coefficient (Wildman–Crippen LogP) is 0.818. The van der Waals surface area contributed by atoms with Gasteiger partial charge >= 0.3 is 6.09 Å². The molecule has 0 unspecified atom stereocenters. The van der Waals surface area contributed by atoms with Crippen molar-refractivity contribution in [2.75, 3.05) is 6.54 Å². The second-order valence-electron chi connectivity index (χ2n) is 4.89. The van der Waals surface area contributed by atoms with E-state index in [4.69, 9.17) is 10.00 Å². The molecule has 8 nitrogen and oxygen atoms in total. The van der Waals surface area contributed by atoms with Crippen LogP contribution < -0.4 is 10.6 Å². The van der Waals surface area contributed by atoms with Crippen molar-refractivity contribution in [1.29, 1.82) is 5.26 Å². The van der Waals surface area contributed by atoms with Crippen LogP contribution in [0.1, 0.15) is 5.56 Å². The first-order valence-electron chi connectivity index (χ1n) is 7.26. The third-order valence-corrected chi connectivity index (χ3v) is 3.12. The number of carbonyl (C=O) groups is 2. The van der Waals surface area contributed by atoms with Gasteiger partial charge in [-0.2, -0.15) is 5.26 Å². The fraction of sp³-hybridized carbons (Fsp3) is 0.250. The van der Waals surface area contributed by atoms with Crippen LogP contribution in [0.3, 0.4) is 0 Å². The SMILES string of the molecule is N#CCNC(=O)[C@H](Cn1ccnc1)NC(=O)OCc1ccccc1. The molecule has 0 aliphatic rings. The molecule has 0 radical (unpaired) electrons. The lowest BCUT2D eigenvalue weighted by atomic mass is 10.2. The molecule has 0 saturated heterocycles. The number of nitrogens with zero attached hydrogens (tertiary/aromatic N) is 3. The number of aromatic nitrogens is 2. The van der Waals surface area contributed by atoms with Gasteiger partial charge < -0.3 is 19.9 Å². The van der Waals surface area contributed by atoms with Gasteiger partial charge in [0.1, 0.15) is 19.2 Å². The first-order valence-corrected chi connectivity index (χ1v) is 7.26. The summed E-state index contributed by atoms with van der Waals surface area (Å²) in [5, 5.41) is 13.5. The van der Waals surface area contributed by atoms with E-state index in [9.17, 15) is 9.59 Å². The average Bonchev–Trinajstić information content (AvgIpc) is 3.11. The zero-order valence-corrected chi connectivity index (χ0v) is 12.9. The Labute approximate surface area is 139 Å². The van der Waals surface area contributed by atoms with E-state index in [2.05, 4.69) is 15.6 Å². The molecule has 2 N–H and O–H groups in total. The van der Waals surface area contributed by atoms with Crippen LogP contribution in [0, 0.1) is 11.3 Å². The van der Waals surface area contributed by atoms with Gasteiger partial charge in [-0.1, -0.05) is 30.3 Å². The Kier molecular flexibility index (Phi) is 6.35. The second kappa shape index (κ2) is 8.95. The standard InChI is InChI=1S/C16H17N5O3/c17-6-7-19-15(22)14(10-21-9-8-18-12-21)20-16(23)24-11-13-4-2-1-3-5-13/h1-5,8-9,12,14H,7,10-11H2,(H,19,22)(H,20,23)/t14-/m0/s1. The van der Waals surface area contributed by atoms with Gasteiger partial charge in [-0.25, -0.2) is 9.78 Å². The van der Waals surface area contributed by atoms with E-state index in [0.717, 1.165) is 5.56 Å². The molecular weight excluding hydrogens is 310 g/mol. The molecule has 124 valence electrons. The second-order valence-corrected chi connectivity index (χ2v) is 4.89. The Balaban J connectivity index is 1.92. The zero-order chi connectivity index (χ0) is 17.2. The maximum atomic E-state index is 12.1. The fourth-order valence-electron chi connectivity index (χ4n) is 1.96. The molecule has 0 spiro atoms. The van der Waals surface area contributed by atoms with Crippen molar-refractivity contribution in [3.8, 4) is 6.07 Å². The van der Waals surface area contributed by atoms with Gasteiger partial charge in [0.15, 0.2) is 0 Å². The molecule has 0 fully saturated rings. The molecule has 1 atom stereocenters. The minimum Gasteiger partial charge on any atom is -0.445 e. The lowest BCUT2D eigenvalue weighted by Gasteiger charge is -2.18. The Bertz CT molecular complexity index is 694. The number of nitriles is 1. The molecule has 1 heterocycles. The van der Waals surface area contributed by atoms with Crippen molar-refractivity contribution in [3.63, 3.8) is 0 Å². The first-order chi connectivity index (χ1) is 11.7. The van der Waals surface area contributed by atoms with Gasteiger partial charge in [-0.3, -0.25) is 4.79 Å². The summed E-state index contributed by atoms with van der Waals surface area (Å²) in [6.07, 6.45) is 4.05. The first kappa shape index (κ1) is 17.0. The number of benzene rings is 1. The summed E-state index contributed by atoms with van der Waals surface area (Å²) >= 11 is 0. The quantitative estimate of drug-likeness (QED) is 0.732. The highest BCUT2D eigenvalue weighted by Gasteiger charge is 2.21. The minimum atomic E-state index is -0.879. The predicted molar refractivity (Wildman–Crippen MR) is 84.4 cm³/mol. The topological polar surface area (TPSA) is 109 Å². The number of hydrogen-bond donors (Lipinski definition) is 2. The average molecular weight is 327 g/mol. The molecule has 8 heteroatoms. The maximum absolute atomic E-state index is 12.1. The zero-order valence-electron chi connectivity index (χ0n) is 12.9. The normalized spacial score (nSPS) is 11.1. The molecule has 2 rings (SSSR count).